The summed E-state index contributed by atoms with van der Waals surface area (Å²) >= 11 is 0. The number of carbonyl (C=O) groups is 1. The van der Waals surface area contributed by atoms with E-state index in [1.165, 1.54) is 25.7 Å². The van der Waals surface area contributed by atoms with Gasteiger partial charge in [-0.3, -0.25) is 9.69 Å². The highest BCUT2D eigenvalue weighted by molar-refractivity contribution is 5.93. The Bertz CT molecular complexity index is 1290. The van der Waals surface area contributed by atoms with Gasteiger partial charge in [-0.2, -0.15) is 4.98 Å². The minimum atomic E-state index is -0.331. The molecule has 9 nitrogen and oxygen atoms in total. The highest BCUT2D eigenvalue weighted by Gasteiger charge is 2.49. The van der Waals surface area contributed by atoms with Crippen molar-refractivity contribution in [1.82, 2.24) is 25.2 Å². The zero-order valence-corrected chi connectivity index (χ0v) is 24.8. The van der Waals surface area contributed by atoms with Crippen LogP contribution in [-0.2, 0) is 4.79 Å². The molecule has 0 bridgehead atoms. The Hall–Kier alpha value is -3.46. The molecule has 5 heterocycles. The van der Waals surface area contributed by atoms with E-state index >= 15 is 0 Å². The van der Waals surface area contributed by atoms with E-state index < -0.39 is 0 Å². The van der Waals surface area contributed by atoms with E-state index in [1.54, 1.807) is 0 Å². The van der Waals surface area contributed by atoms with Crippen LogP contribution in [0.1, 0.15) is 64.9 Å². The van der Waals surface area contributed by atoms with Gasteiger partial charge >= 0.3 is 0 Å². The number of anilines is 4. The molecule has 3 aliphatic heterocycles. The predicted octanol–water partition coefficient (Wildman–Crippen LogP) is 4.76. The Morgan fingerprint density at radius 2 is 1.98 bits per heavy atom. The van der Waals surface area contributed by atoms with Gasteiger partial charge in [-0.05, 0) is 43.4 Å². The van der Waals surface area contributed by atoms with Crippen molar-refractivity contribution in [2.75, 3.05) is 47.8 Å². The molecule has 1 amide bonds. The summed E-state index contributed by atoms with van der Waals surface area (Å²) in [5, 5.41) is 6.48. The van der Waals surface area contributed by atoms with Gasteiger partial charge in [-0.1, -0.05) is 58.3 Å². The van der Waals surface area contributed by atoms with Gasteiger partial charge in [0, 0.05) is 44.0 Å². The van der Waals surface area contributed by atoms with Crippen LogP contribution in [0.4, 0.5) is 23.3 Å². The second-order valence-corrected chi connectivity index (χ2v) is 13.3. The standard InChI is InChI=1S/C32H44N8O/c1-5-24-21-39(18-17-38(24)16-15-31(2,3)4)25-10-12-27(33-20-25)36-30-34-19-23-9-11-26-29(41)35-22-32(13-7-6-8-14-32)40(26)28(23)37-30/h5,9-12,19-20,24,26H,1,6-8,13-18,21-22H2,2-4H3,(H,35,41)(H,33,34,36,37). The lowest BCUT2D eigenvalue weighted by Crippen LogP contribution is -2.69. The molecule has 218 valence electrons. The maximum absolute atomic E-state index is 12.8. The maximum Gasteiger partial charge on any atom is 0.246 e. The Balaban J connectivity index is 1.16. The second-order valence-electron chi connectivity index (χ2n) is 13.3. The fourth-order valence-corrected chi connectivity index (χ4v) is 6.78. The smallest absolute Gasteiger partial charge is 0.246 e. The van der Waals surface area contributed by atoms with Crippen LogP contribution in [0.2, 0.25) is 0 Å². The number of hydrogen-bond donors (Lipinski definition) is 2. The average Bonchev–Trinajstić information content (AvgIpc) is 2.98. The Morgan fingerprint density at radius 3 is 2.71 bits per heavy atom. The molecule has 0 aromatic carbocycles. The van der Waals surface area contributed by atoms with Crippen LogP contribution >= 0.6 is 0 Å². The van der Waals surface area contributed by atoms with Crippen LogP contribution in [0.15, 0.2) is 43.3 Å². The number of nitrogens with zero attached hydrogens (tertiary/aromatic N) is 6. The largest absolute Gasteiger partial charge is 0.367 e. The molecular weight excluding hydrogens is 512 g/mol. The van der Waals surface area contributed by atoms with Crippen molar-refractivity contribution < 1.29 is 4.79 Å². The van der Waals surface area contributed by atoms with Crippen molar-refractivity contribution in [2.24, 2.45) is 5.41 Å². The van der Waals surface area contributed by atoms with Gasteiger partial charge in [0.15, 0.2) is 0 Å². The molecule has 2 N–H and O–H groups in total. The molecule has 1 spiro atoms. The number of piperazine rings is 2. The molecule has 9 heteroatoms. The van der Waals surface area contributed by atoms with Crippen LogP contribution in [0.5, 0.6) is 0 Å². The van der Waals surface area contributed by atoms with E-state index in [-0.39, 0.29) is 17.5 Å². The summed E-state index contributed by atoms with van der Waals surface area (Å²) in [7, 11) is 0. The van der Waals surface area contributed by atoms with Crippen LogP contribution in [0, 0.1) is 5.41 Å². The van der Waals surface area contributed by atoms with Crippen LogP contribution in [0.25, 0.3) is 6.08 Å². The van der Waals surface area contributed by atoms with Crippen LogP contribution in [0.3, 0.4) is 0 Å². The zero-order chi connectivity index (χ0) is 28.6. The van der Waals surface area contributed by atoms with Crippen molar-refractivity contribution in [3.8, 4) is 0 Å². The Labute approximate surface area is 244 Å². The van der Waals surface area contributed by atoms with Gasteiger partial charge < -0.3 is 20.4 Å². The molecule has 2 aromatic heterocycles. The molecule has 2 unspecified atom stereocenters. The van der Waals surface area contributed by atoms with Gasteiger partial charge in [-0.25, -0.2) is 9.97 Å². The lowest BCUT2D eigenvalue weighted by molar-refractivity contribution is -0.123. The summed E-state index contributed by atoms with van der Waals surface area (Å²) in [6.45, 7) is 15.7. The molecule has 2 aromatic rings. The molecule has 4 aliphatic rings. The van der Waals surface area contributed by atoms with Crippen molar-refractivity contribution in [2.45, 2.75) is 76.9 Å². The summed E-state index contributed by atoms with van der Waals surface area (Å²) in [6.07, 6.45) is 16.7. The number of fused-ring (bicyclic) bond motifs is 4. The number of rotatable bonds is 6. The normalized spacial score (nSPS) is 24.0. The lowest BCUT2D eigenvalue weighted by Gasteiger charge is -2.54. The van der Waals surface area contributed by atoms with E-state index in [4.69, 9.17) is 9.97 Å². The van der Waals surface area contributed by atoms with Crippen LogP contribution in [-0.4, -0.2) is 76.1 Å². The van der Waals surface area contributed by atoms with Gasteiger partial charge in [-0.15, -0.1) is 6.58 Å². The quantitative estimate of drug-likeness (QED) is 0.493. The average molecular weight is 557 g/mol. The number of amides is 1. The van der Waals surface area contributed by atoms with E-state index in [1.807, 2.05) is 30.6 Å². The minimum Gasteiger partial charge on any atom is -0.367 e. The third kappa shape index (κ3) is 5.69. The molecule has 1 saturated carbocycles. The Morgan fingerprint density at radius 1 is 1.15 bits per heavy atom. The lowest BCUT2D eigenvalue weighted by atomic mass is 9.77. The molecule has 6 rings (SSSR count). The summed E-state index contributed by atoms with van der Waals surface area (Å²) in [5.41, 5.74) is 2.29. The molecule has 3 fully saturated rings. The zero-order valence-electron chi connectivity index (χ0n) is 24.8. The van der Waals surface area contributed by atoms with E-state index in [9.17, 15) is 4.79 Å². The monoisotopic (exact) mass is 556 g/mol. The molecule has 41 heavy (non-hydrogen) atoms. The molecule has 2 atom stereocenters. The topological polar surface area (TPSA) is 89.5 Å². The molecule has 0 radical (unpaired) electrons. The molecule has 2 saturated heterocycles. The SMILES string of the molecule is C=CC1CN(c2ccc(Nc3ncc4c(n3)N3C(C=C4)C(=O)NCC34CCCCC4)nc2)CCN1CCC(C)(C)C. The summed E-state index contributed by atoms with van der Waals surface area (Å²) < 4.78 is 0. The number of hydrogen-bond acceptors (Lipinski definition) is 8. The number of pyridine rings is 1. The van der Waals surface area contributed by atoms with Gasteiger partial charge in [0.1, 0.15) is 17.7 Å². The van der Waals surface area contributed by atoms with Gasteiger partial charge in [0.05, 0.1) is 17.4 Å². The van der Waals surface area contributed by atoms with Gasteiger partial charge in [0.2, 0.25) is 11.9 Å². The fourth-order valence-electron chi connectivity index (χ4n) is 6.78. The van der Waals surface area contributed by atoms with Gasteiger partial charge in [0.25, 0.3) is 0 Å². The fraction of sp³-hybridized carbons (Fsp3) is 0.562. The predicted molar refractivity (Wildman–Crippen MR) is 166 cm³/mol. The first-order valence-corrected chi connectivity index (χ1v) is 15.2. The molecule has 1 aliphatic carbocycles. The number of aromatic nitrogens is 3. The number of carbonyl (C=O) groups excluding carboxylic acids is 1. The van der Waals surface area contributed by atoms with Crippen molar-refractivity contribution >= 4 is 35.3 Å². The van der Waals surface area contributed by atoms with Crippen molar-refractivity contribution in [3.63, 3.8) is 0 Å². The van der Waals surface area contributed by atoms with E-state index in [2.05, 4.69) is 69.8 Å². The first-order valence-electron chi connectivity index (χ1n) is 15.2. The second kappa shape index (κ2) is 11.1. The Kier molecular flexibility index (Phi) is 7.49. The summed E-state index contributed by atoms with van der Waals surface area (Å²) in [4.78, 5) is 34.3. The highest BCUT2D eigenvalue weighted by Crippen LogP contribution is 2.43. The van der Waals surface area contributed by atoms with Crippen molar-refractivity contribution in [1.29, 1.82) is 0 Å². The minimum absolute atomic E-state index is 0.0437. The third-order valence-electron chi connectivity index (χ3n) is 9.22. The van der Waals surface area contributed by atoms with Crippen molar-refractivity contribution in [3.05, 3.63) is 48.8 Å². The molecular formula is C32H44N8O. The first kappa shape index (κ1) is 27.7. The van der Waals surface area contributed by atoms with E-state index in [0.717, 1.165) is 56.1 Å². The summed E-state index contributed by atoms with van der Waals surface area (Å²) in [5.74, 6) is 2.07. The third-order valence-corrected chi connectivity index (χ3v) is 9.22. The summed E-state index contributed by atoms with van der Waals surface area (Å²) in [6, 6.07) is 4.11. The van der Waals surface area contributed by atoms with Crippen LogP contribution < -0.4 is 20.4 Å². The maximum atomic E-state index is 12.8. The first-order chi connectivity index (χ1) is 19.7. The van der Waals surface area contributed by atoms with E-state index in [0.29, 0.717) is 29.8 Å². The highest BCUT2D eigenvalue weighted by atomic mass is 16.2. The number of nitrogens with one attached hydrogen (secondary N) is 2.